The fraction of sp³-hybridized carbons (Fsp3) is 0.395. The molecule has 0 spiro atoms. The molecule has 0 saturated carbocycles. The van der Waals surface area contributed by atoms with Gasteiger partial charge in [-0.3, -0.25) is 33.6 Å². The monoisotopic (exact) mass is 747 g/mol. The molecular weight excluding hydrogens is 698 g/mol. The van der Waals surface area contributed by atoms with Gasteiger partial charge in [-0.05, 0) is 52.3 Å². The Morgan fingerprint density at radius 3 is 1.81 bits per heavy atom. The van der Waals surface area contributed by atoms with Crippen molar-refractivity contribution in [2.45, 2.75) is 77.2 Å². The largest absolute Gasteiger partial charge is 0.508 e. The van der Waals surface area contributed by atoms with Gasteiger partial charge < -0.3 is 48.3 Å². The van der Waals surface area contributed by atoms with E-state index in [0.29, 0.717) is 11.1 Å². The minimum Gasteiger partial charge on any atom is -0.508 e. The van der Waals surface area contributed by atoms with Crippen LogP contribution >= 0.6 is 0 Å². The van der Waals surface area contributed by atoms with E-state index in [1.54, 1.807) is 52.0 Å². The first-order valence-corrected chi connectivity index (χ1v) is 17.5. The summed E-state index contributed by atoms with van der Waals surface area (Å²) in [7, 11) is 0. The predicted octanol–water partition coefficient (Wildman–Crippen LogP) is -0.0147. The van der Waals surface area contributed by atoms with Crippen LogP contribution in [0.2, 0.25) is 0 Å². The first-order valence-electron chi connectivity index (χ1n) is 17.5. The maximum absolute atomic E-state index is 14.0. The van der Waals surface area contributed by atoms with Crippen molar-refractivity contribution in [3.63, 3.8) is 0 Å². The van der Waals surface area contributed by atoms with Crippen LogP contribution < -0.4 is 38.1 Å². The van der Waals surface area contributed by atoms with E-state index < -0.39 is 96.4 Å². The minimum absolute atomic E-state index is 0.0353. The van der Waals surface area contributed by atoms with Crippen LogP contribution in [0.4, 0.5) is 0 Å². The number of amides is 6. The molecule has 0 unspecified atom stereocenters. The van der Waals surface area contributed by atoms with Crippen molar-refractivity contribution in [2.75, 3.05) is 6.54 Å². The second-order valence-electron chi connectivity index (χ2n) is 13.7. The molecule has 5 atom stereocenters. The quantitative estimate of drug-likeness (QED) is 0.0791. The smallest absolute Gasteiger partial charge is 0.305 e. The molecule has 16 heteroatoms. The SMILES string of the molecule is CC(C)[C@H](NC(=O)[C@H](CC(=O)O)NC(=O)[C@@H](Cc1cccc2ccccc12)NC(=O)[C@@H](N)Cc1ccc(O)cc1)C(=O)N[C@H](C(=O)NCC(N)=O)C(C)C. The van der Waals surface area contributed by atoms with Crippen molar-refractivity contribution < 1.29 is 43.8 Å². The fourth-order valence-electron chi connectivity index (χ4n) is 5.66. The highest BCUT2D eigenvalue weighted by atomic mass is 16.4. The molecule has 0 radical (unpaired) electrons. The van der Waals surface area contributed by atoms with Gasteiger partial charge in [0.2, 0.25) is 35.4 Å². The lowest BCUT2D eigenvalue weighted by Crippen LogP contribution is -2.61. The molecule has 16 nitrogen and oxygen atoms in total. The first kappa shape index (κ1) is 42.4. The van der Waals surface area contributed by atoms with Gasteiger partial charge in [0.05, 0.1) is 19.0 Å². The first-order chi connectivity index (χ1) is 25.5. The van der Waals surface area contributed by atoms with Gasteiger partial charge in [-0.2, -0.15) is 0 Å². The Morgan fingerprint density at radius 1 is 0.648 bits per heavy atom. The van der Waals surface area contributed by atoms with Crippen LogP contribution in [0.25, 0.3) is 10.8 Å². The van der Waals surface area contributed by atoms with Crippen molar-refractivity contribution in [2.24, 2.45) is 23.3 Å². The van der Waals surface area contributed by atoms with E-state index >= 15 is 0 Å². The number of nitrogens with one attached hydrogen (secondary N) is 5. The molecule has 3 rings (SSSR count). The summed E-state index contributed by atoms with van der Waals surface area (Å²) in [4.78, 5) is 90.2. The number of phenolic OH excluding ortho intramolecular Hbond substituents is 1. The standard InChI is InChI=1S/C38H49N7O9/c1-20(2)32(37(53)41-19-30(40)47)45-38(54)33(21(3)4)44-36(52)29(18-31(48)49)43-35(51)28(17-24-10-7-9-23-8-5-6-11-26(23)24)42-34(50)27(39)16-22-12-14-25(46)15-13-22/h5-15,20-21,27-29,32-33,46H,16-19,39H2,1-4H3,(H2,40,47)(H,41,53)(H,42,50)(H,43,51)(H,44,52)(H,45,54)(H,48,49)/t27-,28+,29-,32-,33-/m0/s1. The molecule has 0 bridgehead atoms. The third-order valence-electron chi connectivity index (χ3n) is 8.61. The lowest BCUT2D eigenvalue weighted by molar-refractivity contribution is -0.141. The van der Waals surface area contributed by atoms with Crippen LogP contribution in [0.3, 0.4) is 0 Å². The second kappa shape index (κ2) is 19.7. The predicted molar refractivity (Wildman–Crippen MR) is 199 cm³/mol. The van der Waals surface area contributed by atoms with E-state index in [9.17, 15) is 43.8 Å². The van der Waals surface area contributed by atoms with Gasteiger partial charge in [-0.1, -0.05) is 82.3 Å². The highest BCUT2D eigenvalue weighted by Crippen LogP contribution is 2.20. The summed E-state index contributed by atoms with van der Waals surface area (Å²) < 4.78 is 0. The van der Waals surface area contributed by atoms with Crippen LogP contribution in [-0.2, 0) is 46.4 Å². The Balaban J connectivity index is 1.86. The fourth-order valence-corrected chi connectivity index (χ4v) is 5.66. The number of carbonyl (C=O) groups excluding carboxylic acids is 6. The molecule has 3 aromatic rings. The number of rotatable bonds is 19. The second-order valence-corrected chi connectivity index (χ2v) is 13.7. The zero-order valence-electron chi connectivity index (χ0n) is 30.6. The summed E-state index contributed by atoms with van der Waals surface area (Å²) in [6, 6.07) is 12.4. The number of hydrogen-bond acceptors (Lipinski definition) is 9. The Kier molecular flexibility index (Phi) is 15.5. The van der Waals surface area contributed by atoms with Crippen LogP contribution in [0.5, 0.6) is 5.75 Å². The molecule has 0 aromatic heterocycles. The van der Waals surface area contributed by atoms with E-state index in [2.05, 4.69) is 26.6 Å². The Hall–Kier alpha value is -6.03. The number of carboxylic acids is 1. The number of primary amides is 1. The van der Waals surface area contributed by atoms with E-state index in [1.165, 1.54) is 12.1 Å². The average molecular weight is 748 g/mol. The molecule has 0 saturated heterocycles. The Bertz CT molecular complexity index is 1830. The molecule has 0 aliphatic carbocycles. The molecule has 290 valence electrons. The Labute approximate surface area is 312 Å². The Morgan fingerprint density at radius 2 is 1.20 bits per heavy atom. The van der Waals surface area contributed by atoms with Crippen LogP contribution in [0.1, 0.15) is 45.2 Å². The van der Waals surface area contributed by atoms with Gasteiger partial charge in [-0.25, -0.2) is 0 Å². The lowest BCUT2D eigenvalue weighted by Gasteiger charge is -2.29. The van der Waals surface area contributed by atoms with E-state index in [0.717, 1.165) is 10.8 Å². The van der Waals surface area contributed by atoms with Crippen molar-refractivity contribution in [3.05, 3.63) is 77.9 Å². The van der Waals surface area contributed by atoms with Gasteiger partial charge in [0, 0.05) is 6.42 Å². The third-order valence-corrected chi connectivity index (χ3v) is 8.61. The van der Waals surface area contributed by atoms with Crippen molar-refractivity contribution in [1.82, 2.24) is 26.6 Å². The number of aliphatic carboxylic acids is 1. The van der Waals surface area contributed by atoms with Crippen LogP contribution in [0.15, 0.2) is 66.7 Å². The van der Waals surface area contributed by atoms with Gasteiger partial charge in [0.1, 0.15) is 29.9 Å². The number of carboxylic acid groups (broad SMARTS) is 1. The lowest BCUT2D eigenvalue weighted by atomic mass is 9.97. The molecule has 0 fully saturated rings. The highest BCUT2D eigenvalue weighted by molar-refractivity contribution is 5.98. The number of benzene rings is 3. The van der Waals surface area contributed by atoms with Crippen LogP contribution in [-0.4, -0.2) is 88.4 Å². The van der Waals surface area contributed by atoms with E-state index in [1.807, 2.05) is 30.3 Å². The number of aromatic hydroxyl groups is 1. The molecule has 54 heavy (non-hydrogen) atoms. The molecule has 6 amide bonds. The molecule has 0 aliphatic heterocycles. The number of hydrogen-bond donors (Lipinski definition) is 9. The summed E-state index contributed by atoms with van der Waals surface area (Å²) in [5.74, 6) is -7.21. The number of fused-ring (bicyclic) bond motifs is 1. The van der Waals surface area contributed by atoms with Gasteiger partial charge in [0.15, 0.2) is 0 Å². The molecule has 0 heterocycles. The number of carbonyl (C=O) groups is 7. The topological polar surface area (TPSA) is 272 Å². The summed E-state index contributed by atoms with van der Waals surface area (Å²) in [6.45, 7) is 6.09. The van der Waals surface area contributed by atoms with E-state index in [-0.39, 0.29) is 18.6 Å². The normalized spacial score (nSPS) is 13.9. The van der Waals surface area contributed by atoms with Crippen molar-refractivity contribution >= 4 is 52.2 Å². The molecule has 0 aliphatic rings. The maximum atomic E-state index is 14.0. The maximum Gasteiger partial charge on any atom is 0.305 e. The zero-order chi connectivity index (χ0) is 40.1. The van der Waals surface area contributed by atoms with Gasteiger partial charge in [-0.15, -0.1) is 0 Å². The summed E-state index contributed by atoms with van der Waals surface area (Å²) >= 11 is 0. The van der Waals surface area contributed by atoms with Crippen molar-refractivity contribution in [1.29, 1.82) is 0 Å². The summed E-state index contributed by atoms with van der Waals surface area (Å²) in [5, 5.41) is 33.5. The summed E-state index contributed by atoms with van der Waals surface area (Å²) in [5.41, 5.74) is 12.7. The molecular formula is C38H49N7O9. The van der Waals surface area contributed by atoms with Crippen molar-refractivity contribution in [3.8, 4) is 5.75 Å². The van der Waals surface area contributed by atoms with Gasteiger partial charge >= 0.3 is 5.97 Å². The van der Waals surface area contributed by atoms with Crippen LogP contribution in [0, 0.1) is 11.8 Å². The number of phenols is 1. The summed E-state index contributed by atoms with van der Waals surface area (Å²) in [6.07, 6.45) is -0.858. The minimum atomic E-state index is -1.69. The van der Waals surface area contributed by atoms with Gasteiger partial charge in [0.25, 0.3) is 0 Å². The highest BCUT2D eigenvalue weighted by Gasteiger charge is 2.35. The number of nitrogens with two attached hydrogens (primary N) is 2. The molecule has 11 N–H and O–H groups in total. The van der Waals surface area contributed by atoms with E-state index in [4.69, 9.17) is 11.5 Å². The third kappa shape index (κ3) is 12.6. The molecule has 3 aromatic carbocycles. The zero-order valence-corrected chi connectivity index (χ0v) is 30.6. The average Bonchev–Trinajstić information content (AvgIpc) is 3.11.